The van der Waals surface area contributed by atoms with Crippen LogP contribution in [-0.4, -0.2) is 16.1 Å². The van der Waals surface area contributed by atoms with Crippen LogP contribution in [-0.2, 0) is 11.2 Å². The first-order valence-electron chi connectivity index (χ1n) is 6.35. The molecule has 0 unspecified atom stereocenters. The maximum atomic E-state index is 10.7. The lowest BCUT2D eigenvalue weighted by molar-refractivity contribution is -0.136. The molecule has 1 aliphatic carbocycles. The molecule has 4 nitrogen and oxygen atoms in total. The van der Waals surface area contributed by atoms with Crippen LogP contribution in [0.25, 0.3) is 0 Å². The summed E-state index contributed by atoms with van der Waals surface area (Å²) in [6.45, 7) is 1.80. The van der Waals surface area contributed by atoms with Gasteiger partial charge in [0.1, 0.15) is 5.76 Å². The van der Waals surface area contributed by atoms with Crippen molar-refractivity contribution in [2.45, 2.75) is 57.8 Å². The van der Waals surface area contributed by atoms with Crippen LogP contribution in [0.2, 0.25) is 0 Å². The van der Waals surface area contributed by atoms with Gasteiger partial charge < -0.3 is 9.52 Å². The zero-order chi connectivity index (χ0) is 12.3. The second kappa shape index (κ2) is 5.34. The van der Waals surface area contributed by atoms with Crippen LogP contribution >= 0.6 is 0 Å². The van der Waals surface area contributed by atoms with E-state index < -0.39 is 5.97 Å². The molecule has 1 saturated carbocycles. The van der Waals surface area contributed by atoms with Crippen molar-refractivity contribution in [3.05, 3.63) is 17.3 Å². The summed E-state index contributed by atoms with van der Waals surface area (Å²) in [5.74, 6) is 0.944. The van der Waals surface area contributed by atoms with Crippen molar-refractivity contribution < 1.29 is 14.3 Å². The molecule has 1 N–H and O–H groups in total. The first-order chi connectivity index (χ1) is 8.16. The highest BCUT2D eigenvalue weighted by molar-refractivity contribution is 5.69. The lowest BCUT2D eigenvalue weighted by atomic mass is 10.0. The maximum absolute atomic E-state index is 10.7. The van der Waals surface area contributed by atoms with E-state index in [0.717, 1.165) is 18.7 Å². The van der Waals surface area contributed by atoms with Crippen molar-refractivity contribution in [2.24, 2.45) is 0 Å². The highest BCUT2D eigenvalue weighted by atomic mass is 16.4. The quantitative estimate of drug-likeness (QED) is 0.821. The Hall–Kier alpha value is -1.32. The second-order valence-corrected chi connectivity index (χ2v) is 4.81. The van der Waals surface area contributed by atoms with Gasteiger partial charge in [-0.25, -0.2) is 4.98 Å². The number of carboxylic acids is 1. The third kappa shape index (κ3) is 3.08. The standard InChI is InChI=1S/C13H19NO3/c1-9-11(8-12(15)16)14-13(17-9)10-6-4-2-3-5-7-10/h10H,2-8H2,1H3,(H,15,16). The van der Waals surface area contributed by atoms with E-state index in [1.807, 2.05) is 0 Å². The van der Waals surface area contributed by atoms with E-state index in [1.54, 1.807) is 6.92 Å². The van der Waals surface area contributed by atoms with Crippen molar-refractivity contribution in [1.82, 2.24) is 4.98 Å². The van der Waals surface area contributed by atoms with Gasteiger partial charge in [0.25, 0.3) is 0 Å². The number of aromatic nitrogens is 1. The monoisotopic (exact) mass is 237 g/mol. The molecule has 0 amide bonds. The molecule has 0 atom stereocenters. The first kappa shape index (κ1) is 12.1. The largest absolute Gasteiger partial charge is 0.481 e. The van der Waals surface area contributed by atoms with Gasteiger partial charge in [-0.1, -0.05) is 25.7 Å². The van der Waals surface area contributed by atoms with Crippen LogP contribution in [0.4, 0.5) is 0 Å². The third-order valence-corrected chi connectivity index (χ3v) is 3.43. The normalized spacial score (nSPS) is 17.9. The fourth-order valence-corrected chi connectivity index (χ4v) is 2.46. The molecule has 1 aromatic heterocycles. The number of carbonyl (C=O) groups is 1. The molecule has 4 heteroatoms. The minimum atomic E-state index is -0.853. The number of oxazole rings is 1. The Balaban J connectivity index is 2.12. The molecule has 0 aliphatic heterocycles. The van der Waals surface area contributed by atoms with Crippen LogP contribution in [0, 0.1) is 6.92 Å². The molecule has 17 heavy (non-hydrogen) atoms. The molecule has 0 bridgehead atoms. The molecule has 1 aliphatic rings. The van der Waals surface area contributed by atoms with E-state index in [9.17, 15) is 4.79 Å². The highest BCUT2D eigenvalue weighted by Crippen LogP contribution is 2.32. The molecule has 0 radical (unpaired) electrons. The van der Waals surface area contributed by atoms with Gasteiger partial charge in [0.05, 0.1) is 12.1 Å². The summed E-state index contributed by atoms with van der Waals surface area (Å²) < 4.78 is 5.64. The smallest absolute Gasteiger partial charge is 0.309 e. The predicted octanol–water partition coefficient (Wildman–Crippen LogP) is 3.05. The zero-order valence-electron chi connectivity index (χ0n) is 10.2. The fourth-order valence-electron chi connectivity index (χ4n) is 2.46. The van der Waals surface area contributed by atoms with Crippen molar-refractivity contribution in [3.63, 3.8) is 0 Å². The highest BCUT2D eigenvalue weighted by Gasteiger charge is 2.21. The van der Waals surface area contributed by atoms with Gasteiger partial charge in [-0.3, -0.25) is 4.79 Å². The van der Waals surface area contributed by atoms with Crippen LogP contribution in [0.15, 0.2) is 4.42 Å². The van der Waals surface area contributed by atoms with Crippen LogP contribution in [0.5, 0.6) is 0 Å². The Morgan fingerprint density at radius 2 is 2.00 bits per heavy atom. The Labute approximate surface area is 101 Å². The second-order valence-electron chi connectivity index (χ2n) is 4.81. The molecular formula is C13H19NO3. The van der Waals surface area contributed by atoms with E-state index >= 15 is 0 Å². The van der Waals surface area contributed by atoms with Gasteiger partial charge in [-0.2, -0.15) is 0 Å². The molecule has 0 saturated heterocycles. The Kier molecular flexibility index (Phi) is 3.82. The lowest BCUT2D eigenvalue weighted by Gasteiger charge is -2.08. The Morgan fingerprint density at radius 1 is 1.35 bits per heavy atom. The van der Waals surface area contributed by atoms with Crippen LogP contribution < -0.4 is 0 Å². The number of nitrogens with zero attached hydrogens (tertiary/aromatic N) is 1. The van der Waals surface area contributed by atoms with Crippen LogP contribution in [0.1, 0.15) is 61.8 Å². The number of carboxylic acid groups (broad SMARTS) is 1. The van der Waals surface area contributed by atoms with Crippen molar-refractivity contribution in [1.29, 1.82) is 0 Å². The summed E-state index contributed by atoms with van der Waals surface area (Å²) in [5.41, 5.74) is 0.580. The Bertz CT molecular complexity index is 389. The predicted molar refractivity (Wildman–Crippen MR) is 63.0 cm³/mol. The van der Waals surface area contributed by atoms with Crippen LogP contribution in [0.3, 0.4) is 0 Å². The molecule has 94 valence electrons. The third-order valence-electron chi connectivity index (χ3n) is 3.43. The van der Waals surface area contributed by atoms with E-state index in [4.69, 9.17) is 9.52 Å². The number of aliphatic carboxylic acids is 1. The summed E-state index contributed by atoms with van der Waals surface area (Å²) in [4.78, 5) is 15.0. The van der Waals surface area contributed by atoms with Gasteiger partial charge in [0, 0.05) is 5.92 Å². The lowest BCUT2D eigenvalue weighted by Crippen LogP contribution is -2.03. The summed E-state index contributed by atoms with van der Waals surface area (Å²) in [6, 6.07) is 0. The minimum absolute atomic E-state index is 0.0396. The molecule has 0 spiro atoms. The van der Waals surface area contributed by atoms with Crippen molar-refractivity contribution >= 4 is 5.97 Å². The summed E-state index contributed by atoms with van der Waals surface area (Å²) in [6.07, 6.45) is 7.22. The fraction of sp³-hybridized carbons (Fsp3) is 0.692. The minimum Gasteiger partial charge on any atom is -0.481 e. The molecular weight excluding hydrogens is 218 g/mol. The molecule has 2 rings (SSSR count). The van der Waals surface area contributed by atoms with Gasteiger partial charge in [-0.05, 0) is 19.8 Å². The SMILES string of the molecule is Cc1oc(C2CCCCCC2)nc1CC(=O)O. The molecule has 1 aromatic rings. The average molecular weight is 237 g/mol. The zero-order valence-corrected chi connectivity index (χ0v) is 10.2. The van der Waals surface area contributed by atoms with Gasteiger partial charge in [0.15, 0.2) is 5.89 Å². The molecule has 1 fully saturated rings. The summed E-state index contributed by atoms with van der Waals surface area (Å²) in [5, 5.41) is 8.77. The first-order valence-corrected chi connectivity index (χ1v) is 6.35. The van der Waals surface area contributed by atoms with E-state index in [0.29, 0.717) is 17.4 Å². The van der Waals surface area contributed by atoms with Crippen molar-refractivity contribution in [3.8, 4) is 0 Å². The molecule has 1 heterocycles. The summed E-state index contributed by atoms with van der Waals surface area (Å²) >= 11 is 0. The topological polar surface area (TPSA) is 63.3 Å². The number of hydrogen-bond donors (Lipinski definition) is 1. The Morgan fingerprint density at radius 3 is 2.59 bits per heavy atom. The van der Waals surface area contributed by atoms with Gasteiger partial charge in [0.2, 0.25) is 0 Å². The van der Waals surface area contributed by atoms with E-state index in [2.05, 4.69) is 4.98 Å². The summed E-state index contributed by atoms with van der Waals surface area (Å²) in [7, 11) is 0. The van der Waals surface area contributed by atoms with Gasteiger partial charge in [-0.15, -0.1) is 0 Å². The van der Waals surface area contributed by atoms with E-state index in [-0.39, 0.29) is 6.42 Å². The number of aryl methyl sites for hydroxylation is 1. The number of hydrogen-bond acceptors (Lipinski definition) is 3. The van der Waals surface area contributed by atoms with E-state index in [1.165, 1.54) is 25.7 Å². The number of rotatable bonds is 3. The molecule has 0 aromatic carbocycles. The maximum Gasteiger partial charge on any atom is 0.309 e. The average Bonchev–Trinajstić information content (AvgIpc) is 2.54. The van der Waals surface area contributed by atoms with Crippen molar-refractivity contribution in [2.75, 3.05) is 0 Å². The van der Waals surface area contributed by atoms with Gasteiger partial charge >= 0.3 is 5.97 Å².